The number of aryl methyl sites for hydroxylation is 2. The highest BCUT2D eigenvalue weighted by Gasteiger charge is 2.33. The van der Waals surface area contributed by atoms with E-state index in [0.29, 0.717) is 25.7 Å². The molecule has 33 heavy (non-hydrogen) atoms. The van der Waals surface area contributed by atoms with Crippen LogP contribution in [0.15, 0.2) is 23.0 Å². The zero-order chi connectivity index (χ0) is 23.4. The summed E-state index contributed by atoms with van der Waals surface area (Å²) in [6.07, 6.45) is 6.68. The van der Waals surface area contributed by atoms with Crippen molar-refractivity contribution in [1.29, 1.82) is 0 Å². The van der Waals surface area contributed by atoms with Gasteiger partial charge in [-0.05, 0) is 78.2 Å². The number of rotatable bonds is 10. The number of H-pyrrole nitrogens is 1. The fourth-order valence-corrected chi connectivity index (χ4v) is 5.07. The molecule has 0 radical (unpaired) electrons. The zero-order valence-corrected chi connectivity index (χ0v) is 20.3. The number of ether oxygens (including phenoxy) is 1. The van der Waals surface area contributed by atoms with Gasteiger partial charge in [0, 0.05) is 30.8 Å². The van der Waals surface area contributed by atoms with Crippen LogP contribution in [0.4, 0.5) is 0 Å². The van der Waals surface area contributed by atoms with Gasteiger partial charge in [-0.15, -0.1) is 5.10 Å². The lowest BCUT2D eigenvalue weighted by Crippen LogP contribution is -2.39. The van der Waals surface area contributed by atoms with E-state index in [4.69, 9.17) is 4.74 Å². The van der Waals surface area contributed by atoms with E-state index >= 15 is 0 Å². The molecule has 1 aliphatic carbocycles. The van der Waals surface area contributed by atoms with Gasteiger partial charge in [-0.25, -0.2) is 4.68 Å². The van der Waals surface area contributed by atoms with Gasteiger partial charge in [-0.1, -0.05) is 26.2 Å². The molecule has 1 N–H and O–H groups in total. The second-order valence-corrected chi connectivity index (χ2v) is 9.32. The number of benzene rings is 1. The number of aromatic amines is 1. The van der Waals surface area contributed by atoms with Crippen LogP contribution in [0.25, 0.3) is 10.9 Å². The van der Waals surface area contributed by atoms with E-state index in [2.05, 4.69) is 64.4 Å². The number of pyridine rings is 1. The lowest BCUT2D eigenvalue weighted by molar-refractivity contribution is 0.105. The van der Waals surface area contributed by atoms with E-state index < -0.39 is 0 Å². The summed E-state index contributed by atoms with van der Waals surface area (Å²) in [6, 6.07) is 6.77. The Kier molecular flexibility index (Phi) is 7.55. The number of tetrazole rings is 1. The summed E-state index contributed by atoms with van der Waals surface area (Å²) < 4.78 is 7.13. The van der Waals surface area contributed by atoms with Gasteiger partial charge in [0.1, 0.15) is 0 Å². The molecule has 0 aliphatic heterocycles. The van der Waals surface area contributed by atoms with Crippen LogP contribution in [0.2, 0.25) is 0 Å². The monoisotopic (exact) mass is 452 g/mol. The second kappa shape index (κ2) is 10.6. The molecule has 3 aromatic rings. The summed E-state index contributed by atoms with van der Waals surface area (Å²) in [4.78, 5) is 18.7. The summed E-state index contributed by atoms with van der Waals surface area (Å²) in [5, 5.41) is 13.7. The molecule has 0 amide bonds. The van der Waals surface area contributed by atoms with Crippen molar-refractivity contribution in [3.63, 3.8) is 0 Å². The Hall–Kier alpha value is -2.58. The molecule has 1 aromatic carbocycles. The van der Waals surface area contributed by atoms with Crippen molar-refractivity contribution in [2.24, 2.45) is 0 Å². The highest BCUT2D eigenvalue weighted by molar-refractivity contribution is 5.80. The van der Waals surface area contributed by atoms with Crippen molar-refractivity contribution in [2.45, 2.75) is 84.5 Å². The van der Waals surface area contributed by atoms with Gasteiger partial charge >= 0.3 is 0 Å². The van der Waals surface area contributed by atoms with E-state index in [1.165, 1.54) is 24.0 Å². The highest BCUT2D eigenvalue weighted by atomic mass is 16.5. The summed E-state index contributed by atoms with van der Waals surface area (Å²) in [5.41, 5.74) is 4.10. The maximum atomic E-state index is 13.1. The van der Waals surface area contributed by atoms with Crippen LogP contribution in [-0.4, -0.2) is 49.8 Å². The summed E-state index contributed by atoms with van der Waals surface area (Å²) in [6.45, 7) is 8.14. The molecule has 0 saturated heterocycles. The van der Waals surface area contributed by atoms with Crippen molar-refractivity contribution < 1.29 is 4.74 Å². The van der Waals surface area contributed by atoms with E-state index in [1.807, 2.05) is 4.68 Å². The number of aromatic nitrogens is 5. The van der Waals surface area contributed by atoms with Gasteiger partial charge < -0.3 is 9.72 Å². The molecule has 2 heterocycles. The van der Waals surface area contributed by atoms with E-state index in [0.717, 1.165) is 48.0 Å². The van der Waals surface area contributed by atoms with E-state index in [1.54, 1.807) is 7.11 Å². The largest absolute Gasteiger partial charge is 0.383 e. The summed E-state index contributed by atoms with van der Waals surface area (Å²) in [5.74, 6) is 0.865. The third-order valence-corrected chi connectivity index (χ3v) is 7.01. The van der Waals surface area contributed by atoms with Crippen molar-refractivity contribution in [3.8, 4) is 0 Å². The summed E-state index contributed by atoms with van der Waals surface area (Å²) >= 11 is 0. The second-order valence-electron chi connectivity index (χ2n) is 9.32. The Balaban J connectivity index is 1.73. The Morgan fingerprint density at radius 1 is 1.21 bits per heavy atom. The van der Waals surface area contributed by atoms with Gasteiger partial charge in [-0.2, -0.15) is 0 Å². The molecule has 178 valence electrons. The molecule has 2 aromatic heterocycles. The Labute approximate surface area is 195 Å². The van der Waals surface area contributed by atoms with Crippen molar-refractivity contribution >= 4 is 10.9 Å². The lowest BCUT2D eigenvalue weighted by atomic mass is 10.0. The highest BCUT2D eigenvalue weighted by Crippen LogP contribution is 2.34. The predicted molar refractivity (Wildman–Crippen MR) is 129 cm³/mol. The molecule has 0 spiro atoms. The van der Waals surface area contributed by atoms with Crippen LogP contribution in [0.1, 0.15) is 74.0 Å². The van der Waals surface area contributed by atoms with E-state index in [9.17, 15) is 4.79 Å². The molecule has 1 aliphatic rings. The zero-order valence-electron chi connectivity index (χ0n) is 20.3. The van der Waals surface area contributed by atoms with Gasteiger partial charge in [-0.3, -0.25) is 9.69 Å². The van der Waals surface area contributed by atoms with E-state index in [-0.39, 0.29) is 11.6 Å². The minimum absolute atomic E-state index is 0.0111. The number of methoxy groups -OCH3 is 1. The summed E-state index contributed by atoms with van der Waals surface area (Å²) in [7, 11) is 1.69. The van der Waals surface area contributed by atoms with Crippen molar-refractivity contribution in [2.75, 3.05) is 13.7 Å². The molecular weight excluding hydrogens is 416 g/mol. The molecule has 0 bridgehead atoms. The first-order chi connectivity index (χ1) is 16.0. The van der Waals surface area contributed by atoms with Crippen LogP contribution in [0, 0.1) is 13.8 Å². The smallest absolute Gasteiger partial charge is 0.252 e. The number of nitrogens with zero attached hydrogens (tertiary/aromatic N) is 5. The molecule has 1 saturated carbocycles. The Bertz CT molecular complexity index is 1130. The van der Waals surface area contributed by atoms with Crippen molar-refractivity contribution in [3.05, 3.63) is 51.1 Å². The van der Waals surface area contributed by atoms with Crippen LogP contribution in [0.3, 0.4) is 0 Å². The predicted octanol–water partition coefficient (Wildman–Crippen LogP) is 4.06. The average Bonchev–Trinajstić information content (AvgIpc) is 3.48. The number of hydrogen-bond acceptors (Lipinski definition) is 6. The Morgan fingerprint density at radius 3 is 2.70 bits per heavy atom. The van der Waals surface area contributed by atoms with Crippen LogP contribution < -0.4 is 5.56 Å². The Morgan fingerprint density at radius 2 is 1.97 bits per heavy atom. The van der Waals surface area contributed by atoms with Crippen LogP contribution >= 0.6 is 0 Å². The topological polar surface area (TPSA) is 88.9 Å². The van der Waals surface area contributed by atoms with Crippen LogP contribution in [-0.2, 0) is 17.8 Å². The maximum absolute atomic E-state index is 13.1. The molecular formula is C25H36N6O2. The minimum Gasteiger partial charge on any atom is -0.383 e. The van der Waals surface area contributed by atoms with Crippen molar-refractivity contribution in [1.82, 2.24) is 30.1 Å². The molecule has 1 atom stereocenters. The first-order valence-corrected chi connectivity index (χ1v) is 12.2. The SMILES string of the molecule is CCCC(c1nnnn1CCOC)N(Cc1cc2cc(C)c(C)cc2[nH]c1=O)C1CCCC1. The van der Waals surface area contributed by atoms with Crippen LogP contribution in [0.5, 0.6) is 0 Å². The molecule has 8 nitrogen and oxygen atoms in total. The minimum atomic E-state index is -0.0111. The number of fused-ring (bicyclic) bond motifs is 1. The molecule has 4 rings (SSSR count). The average molecular weight is 453 g/mol. The first kappa shape index (κ1) is 23.6. The fraction of sp³-hybridized carbons (Fsp3) is 0.600. The molecule has 1 unspecified atom stereocenters. The molecule has 1 fully saturated rings. The standard InChI is InChI=1S/C25H36N6O2/c1-5-8-23(24-27-28-29-31(24)11-12-33-4)30(21-9-6-7-10-21)16-20-15-19-13-17(2)18(3)14-22(19)26-25(20)32/h13-15,21,23H,5-12,16H2,1-4H3,(H,26,32). The number of nitrogens with one attached hydrogen (secondary N) is 1. The molecule has 8 heteroatoms. The third-order valence-electron chi connectivity index (χ3n) is 7.01. The first-order valence-electron chi connectivity index (χ1n) is 12.2. The quantitative estimate of drug-likeness (QED) is 0.499. The fourth-order valence-electron chi connectivity index (χ4n) is 5.07. The van der Waals surface area contributed by atoms with Gasteiger partial charge in [0.15, 0.2) is 5.82 Å². The van der Waals surface area contributed by atoms with Gasteiger partial charge in [0.05, 0.1) is 19.2 Å². The third kappa shape index (κ3) is 5.17. The lowest BCUT2D eigenvalue weighted by Gasteiger charge is -2.35. The number of hydrogen-bond donors (Lipinski definition) is 1. The normalized spacial score (nSPS) is 15.7. The van der Waals surface area contributed by atoms with Gasteiger partial charge in [0.2, 0.25) is 0 Å². The van der Waals surface area contributed by atoms with Gasteiger partial charge in [0.25, 0.3) is 5.56 Å². The maximum Gasteiger partial charge on any atom is 0.252 e.